The van der Waals surface area contributed by atoms with E-state index in [2.05, 4.69) is 19.2 Å². The zero-order valence-electron chi connectivity index (χ0n) is 17.6. The Labute approximate surface area is 184 Å². The number of aryl methyl sites for hydroxylation is 1. The molecule has 3 heterocycles. The number of fused-ring (bicyclic) bond motifs is 3. The first-order valence-corrected chi connectivity index (χ1v) is 11.7. The molecule has 2 aromatic heterocycles. The van der Waals surface area contributed by atoms with Crippen molar-refractivity contribution in [1.29, 1.82) is 0 Å². The highest BCUT2D eigenvalue weighted by Crippen LogP contribution is 2.41. The van der Waals surface area contributed by atoms with Gasteiger partial charge in [0.15, 0.2) is 0 Å². The van der Waals surface area contributed by atoms with Crippen LogP contribution >= 0.6 is 23.1 Å². The number of thiophene rings is 1. The third kappa shape index (κ3) is 4.45. The lowest BCUT2D eigenvalue weighted by molar-refractivity contribution is -0.113. The summed E-state index contributed by atoms with van der Waals surface area (Å²) in [6.07, 6.45) is 1.57. The van der Waals surface area contributed by atoms with Crippen molar-refractivity contribution in [2.24, 2.45) is 0 Å². The molecule has 0 atom stereocenters. The van der Waals surface area contributed by atoms with Gasteiger partial charge in [-0.3, -0.25) is 4.79 Å². The molecule has 1 aliphatic heterocycles. The SMILES string of the molecule is CCc1nc(SCC(=O)Nc2cccc(OC)c2)c2c3c(sc2n1)COC(C)(C)C3. The molecule has 158 valence electrons. The third-order valence-corrected chi connectivity index (χ3v) is 7.03. The van der Waals surface area contributed by atoms with Gasteiger partial charge in [-0.15, -0.1) is 11.3 Å². The van der Waals surface area contributed by atoms with Gasteiger partial charge in [-0.2, -0.15) is 0 Å². The van der Waals surface area contributed by atoms with Gasteiger partial charge < -0.3 is 14.8 Å². The summed E-state index contributed by atoms with van der Waals surface area (Å²) in [5.74, 6) is 1.71. The maximum absolute atomic E-state index is 12.6. The van der Waals surface area contributed by atoms with E-state index >= 15 is 0 Å². The molecule has 1 aromatic carbocycles. The van der Waals surface area contributed by atoms with Crippen LogP contribution in [0.2, 0.25) is 0 Å². The van der Waals surface area contributed by atoms with Crippen LogP contribution < -0.4 is 10.1 Å². The van der Waals surface area contributed by atoms with Crippen LogP contribution in [-0.2, 0) is 29.0 Å². The number of benzene rings is 1. The van der Waals surface area contributed by atoms with Crippen molar-refractivity contribution in [3.63, 3.8) is 0 Å². The highest BCUT2D eigenvalue weighted by atomic mass is 32.2. The first kappa shape index (κ1) is 21.1. The van der Waals surface area contributed by atoms with Gasteiger partial charge in [0, 0.05) is 34.9 Å². The summed E-state index contributed by atoms with van der Waals surface area (Å²) in [7, 11) is 1.61. The van der Waals surface area contributed by atoms with E-state index in [1.54, 1.807) is 24.5 Å². The monoisotopic (exact) mass is 443 g/mol. The second kappa shape index (κ2) is 8.53. The average Bonchev–Trinajstić information content (AvgIpc) is 3.08. The molecule has 0 saturated heterocycles. The zero-order chi connectivity index (χ0) is 21.3. The minimum Gasteiger partial charge on any atom is -0.497 e. The third-order valence-electron chi connectivity index (χ3n) is 4.95. The number of anilines is 1. The lowest BCUT2D eigenvalue weighted by atomic mass is 9.95. The van der Waals surface area contributed by atoms with E-state index in [0.29, 0.717) is 18.0 Å². The maximum Gasteiger partial charge on any atom is 0.234 e. The van der Waals surface area contributed by atoms with Gasteiger partial charge in [0.25, 0.3) is 0 Å². The van der Waals surface area contributed by atoms with Crippen molar-refractivity contribution in [2.45, 2.75) is 50.8 Å². The summed E-state index contributed by atoms with van der Waals surface area (Å²) in [6.45, 7) is 6.86. The van der Waals surface area contributed by atoms with Gasteiger partial charge in [-0.25, -0.2) is 9.97 Å². The number of rotatable bonds is 6. The molecule has 0 radical (unpaired) electrons. The molecule has 1 N–H and O–H groups in total. The summed E-state index contributed by atoms with van der Waals surface area (Å²) in [6, 6.07) is 7.35. The fourth-order valence-electron chi connectivity index (χ4n) is 3.45. The molecule has 3 aromatic rings. The molecular weight excluding hydrogens is 418 g/mol. The summed E-state index contributed by atoms with van der Waals surface area (Å²) >= 11 is 3.15. The van der Waals surface area contributed by atoms with Crippen LogP contribution in [0, 0.1) is 0 Å². The Kier molecular flexibility index (Phi) is 5.99. The molecule has 6 nitrogen and oxygen atoms in total. The van der Waals surface area contributed by atoms with Gasteiger partial charge >= 0.3 is 0 Å². The molecule has 0 fully saturated rings. The summed E-state index contributed by atoms with van der Waals surface area (Å²) in [4.78, 5) is 24.3. The smallest absolute Gasteiger partial charge is 0.234 e. The molecule has 1 aliphatic rings. The van der Waals surface area contributed by atoms with Crippen LogP contribution in [0.3, 0.4) is 0 Å². The van der Waals surface area contributed by atoms with Crippen LogP contribution in [0.25, 0.3) is 10.2 Å². The fraction of sp³-hybridized carbons (Fsp3) is 0.409. The molecule has 0 bridgehead atoms. The second-order valence-electron chi connectivity index (χ2n) is 7.78. The molecule has 0 spiro atoms. The van der Waals surface area contributed by atoms with Crippen LogP contribution in [0.5, 0.6) is 5.75 Å². The fourth-order valence-corrected chi connectivity index (χ4v) is 5.51. The predicted octanol–water partition coefficient (Wildman–Crippen LogP) is 4.84. The number of carbonyl (C=O) groups excluding carboxylic acids is 1. The summed E-state index contributed by atoms with van der Waals surface area (Å²) in [5.41, 5.74) is 1.77. The van der Waals surface area contributed by atoms with E-state index < -0.39 is 0 Å². The van der Waals surface area contributed by atoms with E-state index in [-0.39, 0.29) is 17.3 Å². The number of nitrogens with zero attached hydrogens (tertiary/aromatic N) is 2. The van der Waals surface area contributed by atoms with E-state index in [1.807, 2.05) is 25.1 Å². The molecule has 4 rings (SSSR count). The van der Waals surface area contributed by atoms with Gasteiger partial charge in [0.1, 0.15) is 21.4 Å². The van der Waals surface area contributed by atoms with E-state index in [0.717, 1.165) is 33.9 Å². The Morgan fingerprint density at radius 3 is 2.97 bits per heavy atom. The molecular formula is C22H25N3O3S2. The van der Waals surface area contributed by atoms with E-state index in [9.17, 15) is 4.79 Å². The molecule has 1 amide bonds. The minimum absolute atomic E-state index is 0.0779. The number of thioether (sulfide) groups is 1. The van der Waals surface area contributed by atoms with Crippen LogP contribution in [0.15, 0.2) is 29.3 Å². The van der Waals surface area contributed by atoms with Crippen molar-refractivity contribution in [1.82, 2.24) is 9.97 Å². The minimum atomic E-state index is -0.212. The number of nitrogens with one attached hydrogen (secondary N) is 1. The Bertz CT molecular complexity index is 1090. The maximum atomic E-state index is 12.6. The number of hydrogen-bond acceptors (Lipinski definition) is 7. The Morgan fingerprint density at radius 1 is 1.37 bits per heavy atom. The van der Waals surface area contributed by atoms with Gasteiger partial charge in [-0.05, 0) is 31.5 Å². The molecule has 0 aliphatic carbocycles. The van der Waals surface area contributed by atoms with Crippen LogP contribution in [0.4, 0.5) is 5.69 Å². The molecule has 0 unspecified atom stereocenters. The predicted molar refractivity (Wildman–Crippen MR) is 122 cm³/mol. The lowest BCUT2D eigenvalue weighted by Gasteiger charge is -2.30. The second-order valence-corrected chi connectivity index (χ2v) is 9.82. The molecule has 30 heavy (non-hydrogen) atoms. The summed E-state index contributed by atoms with van der Waals surface area (Å²) < 4.78 is 11.2. The molecule has 8 heteroatoms. The van der Waals surface area contributed by atoms with Crippen molar-refractivity contribution in [3.8, 4) is 5.75 Å². The number of aromatic nitrogens is 2. The van der Waals surface area contributed by atoms with Crippen molar-refractivity contribution in [3.05, 3.63) is 40.5 Å². The van der Waals surface area contributed by atoms with Crippen molar-refractivity contribution >= 4 is 44.9 Å². The van der Waals surface area contributed by atoms with Crippen molar-refractivity contribution in [2.75, 3.05) is 18.2 Å². The van der Waals surface area contributed by atoms with Gasteiger partial charge in [0.2, 0.25) is 5.91 Å². The van der Waals surface area contributed by atoms with Crippen molar-refractivity contribution < 1.29 is 14.3 Å². The Balaban J connectivity index is 1.58. The number of carbonyl (C=O) groups is 1. The van der Waals surface area contributed by atoms with E-state index in [4.69, 9.17) is 19.4 Å². The molecule has 0 saturated carbocycles. The topological polar surface area (TPSA) is 73.3 Å². The normalized spacial score (nSPS) is 15.1. The first-order valence-electron chi connectivity index (χ1n) is 9.90. The highest BCUT2D eigenvalue weighted by molar-refractivity contribution is 8.00. The van der Waals surface area contributed by atoms with Gasteiger partial charge in [-0.1, -0.05) is 24.8 Å². The average molecular weight is 444 g/mol. The number of hydrogen-bond donors (Lipinski definition) is 1. The van der Waals surface area contributed by atoms with Crippen LogP contribution in [-0.4, -0.2) is 34.3 Å². The zero-order valence-corrected chi connectivity index (χ0v) is 19.2. The highest BCUT2D eigenvalue weighted by Gasteiger charge is 2.31. The Morgan fingerprint density at radius 2 is 2.20 bits per heavy atom. The van der Waals surface area contributed by atoms with Gasteiger partial charge in [0.05, 0.1) is 25.1 Å². The van der Waals surface area contributed by atoms with Crippen LogP contribution in [0.1, 0.15) is 37.0 Å². The number of ether oxygens (including phenoxy) is 2. The quantitative estimate of drug-likeness (QED) is 0.434. The largest absolute Gasteiger partial charge is 0.497 e. The summed E-state index contributed by atoms with van der Waals surface area (Å²) in [5, 5.41) is 4.90. The van der Waals surface area contributed by atoms with E-state index in [1.165, 1.54) is 22.2 Å². The first-order chi connectivity index (χ1) is 14.4. The Hall–Kier alpha value is -2.16. The number of methoxy groups -OCH3 is 1. The number of amides is 1. The lowest BCUT2D eigenvalue weighted by Crippen LogP contribution is -2.31. The standard InChI is InChI=1S/C22H25N3O3S2/c1-5-17-24-20(29-12-18(26)23-13-7-6-8-14(9-13)27-4)19-15-10-22(2,3)28-11-16(15)30-21(19)25-17/h6-9H,5,10-12H2,1-4H3,(H,23,26).